The summed E-state index contributed by atoms with van der Waals surface area (Å²) >= 11 is 0. The first-order valence-electron chi connectivity index (χ1n) is 12.2. The fourth-order valence-electron chi connectivity index (χ4n) is 3.91. The normalized spacial score (nSPS) is 14.7. The van der Waals surface area contributed by atoms with Gasteiger partial charge in [0.2, 0.25) is 5.91 Å². The maximum absolute atomic E-state index is 12.8. The Morgan fingerprint density at radius 2 is 1.77 bits per heavy atom. The van der Waals surface area contributed by atoms with Crippen LogP contribution in [0.15, 0.2) is 36.4 Å². The molecule has 1 N–H and O–H groups in total. The van der Waals surface area contributed by atoms with Crippen molar-refractivity contribution in [1.82, 2.24) is 5.32 Å². The zero-order valence-corrected chi connectivity index (χ0v) is 20.9. The van der Waals surface area contributed by atoms with Gasteiger partial charge in [0.25, 0.3) is 5.91 Å². The van der Waals surface area contributed by atoms with Gasteiger partial charge in [-0.3, -0.25) is 19.3 Å². The van der Waals surface area contributed by atoms with Crippen molar-refractivity contribution in [2.45, 2.75) is 53.1 Å². The van der Waals surface area contributed by atoms with Crippen molar-refractivity contribution in [3.8, 4) is 17.2 Å². The first kappa shape index (κ1) is 26.1. The second kappa shape index (κ2) is 12.2. The van der Waals surface area contributed by atoms with E-state index in [0.717, 1.165) is 12.0 Å². The highest BCUT2D eigenvalue weighted by atomic mass is 16.5. The number of Topliss-reactive ketones (excluding diaryl/α,β-unsaturated/α-hetero) is 1. The fourth-order valence-corrected chi connectivity index (χ4v) is 3.91. The van der Waals surface area contributed by atoms with Crippen LogP contribution in [0.25, 0.3) is 0 Å². The molecule has 0 spiro atoms. The molecule has 35 heavy (non-hydrogen) atoms. The smallest absolute Gasteiger partial charge is 0.268 e. The van der Waals surface area contributed by atoms with Crippen LogP contribution in [0.4, 0.5) is 5.69 Å². The molecule has 0 aliphatic carbocycles. The number of fused-ring (bicyclic) bond motifs is 1. The van der Waals surface area contributed by atoms with E-state index in [9.17, 15) is 14.4 Å². The summed E-state index contributed by atoms with van der Waals surface area (Å²) in [5.74, 6) is 1.23. The van der Waals surface area contributed by atoms with E-state index in [0.29, 0.717) is 61.1 Å². The van der Waals surface area contributed by atoms with E-state index in [1.807, 2.05) is 39.0 Å². The molecule has 0 aromatic heterocycles. The summed E-state index contributed by atoms with van der Waals surface area (Å²) in [6, 6.07) is 10.8. The van der Waals surface area contributed by atoms with Crippen LogP contribution in [0.3, 0.4) is 0 Å². The van der Waals surface area contributed by atoms with Gasteiger partial charge in [-0.25, -0.2) is 0 Å². The fraction of sp³-hybridized carbons (Fsp3) is 0.444. The summed E-state index contributed by atoms with van der Waals surface area (Å²) in [5, 5.41) is 2.88. The van der Waals surface area contributed by atoms with Gasteiger partial charge in [-0.05, 0) is 69.5 Å². The zero-order chi connectivity index (χ0) is 25.4. The predicted molar refractivity (Wildman–Crippen MR) is 134 cm³/mol. The maximum atomic E-state index is 12.8. The van der Waals surface area contributed by atoms with Crippen LogP contribution >= 0.6 is 0 Å². The van der Waals surface area contributed by atoms with Gasteiger partial charge < -0.3 is 19.5 Å². The Morgan fingerprint density at radius 1 is 1.03 bits per heavy atom. The number of carbonyl (C=O) groups is 3. The molecule has 0 fully saturated rings. The molecule has 0 radical (unpaired) electrons. The Balaban J connectivity index is 1.65. The van der Waals surface area contributed by atoms with Gasteiger partial charge in [-0.2, -0.15) is 0 Å². The molecule has 1 aliphatic heterocycles. The quantitative estimate of drug-likeness (QED) is 0.461. The number of nitrogens with one attached hydrogen (secondary N) is 1. The minimum atomic E-state index is -0.715. The van der Waals surface area contributed by atoms with E-state index in [-0.39, 0.29) is 24.1 Å². The molecule has 2 amide bonds. The number of rotatable bonds is 12. The summed E-state index contributed by atoms with van der Waals surface area (Å²) in [5.41, 5.74) is 1.94. The lowest BCUT2D eigenvalue weighted by molar-refractivity contribution is -0.128. The summed E-state index contributed by atoms with van der Waals surface area (Å²) in [7, 11) is 0. The highest BCUT2D eigenvalue weighted by Crippen LogP contribution is 2.35. The number of hydrogen-bond acceptors (Lipinski definition) is 6. The Labute approximate surface area is 206 Å². The molecule has 0 saturated carbocycles. The van der Waals surface area contributed by atoms with Gasteiger partial charge in [-0.1, -0.05) is 13.0 Å². The number of hydrogen-bond donors (Lipinski definition) is 1. The lowest BCUT2D eigenvalue weighted by Gasteiger charge is -2.32. The summed E-state index contributed by atoms with van der Waals surface area (Å²) < 4.78 is 16.9. The second-order valence-corrected chi connectivity index (χ2v) is 8.29. The zero-order valence-electron chi connectivity index (χ0n) is 20.9. The Bertz CT molecular complexity index is 1070. The van der Waals surface area contributed by atoms with E-state index in [4.69, 9.17) is 14.2 Å². The van der Waals surface area contributed by atoms with E-state index >= 15 is 0 Å². The van der Waals surface area contributed by atoms with Crippen molar-refractivity contribution in [1.29, 1.82) is 0 Å². The van der Waals surface area contributed by atoms with Gasteiger partial charge in [0, 0.05) is 18.5 Å². The summed E-state index contributed by atoms with van der Waals surface area (Å²) in [4.78, 5) is 39.3. The van der Waals surface area contributed by atoms with E-state index < -0.39 is 6.10 Å². The maximum Gasteiger partial charge on any atom is 0.268 e. The summed E-state index contributed by atoms with van der Waals surface area (Å²) in [6.07, 6.45) is 1.03. The lowest BCUT2D eigenvalue weighted by Crippen LogP contribution is -2.49. The van der Waals surface area contributed by atoms with Crippen LogP contribution < -0.4 is 24.4 Å². The molecular formula is C27H34N2O6. The monoisotopic (exact) mass is 482 g/mol. The number of benzene rings is 2. The Morgan fingerprint density at radius 3 is 2.49 bits per heavy atom. The molecule has 188 valence electrons. The number of ether oxygens (including phenoxy) is 3. The molecule has 1 atom stereocenters. The molecule has 1 heterocycles. The molecule has 2 aromatic carbocycles. The van der Waals surface area contributed by atoms with E-state index in [1.54, 1.807) is 25.1 Å². The van der Waals surface area contributed by atoms with Crippen LogP contribution in [-0.4, -0.2) is 50.0 Å². The van der Waals surface area contributed by atoms with E-state index in [1.165, 1.54) is 4.90 Å². The van der Waals surface area contributed by atoms with E-state index in [2.05, 4.69) is 5.32 Å². The third-order valence-electron chi connectivity index (χ3n) is 5.61. The average molecular weight is 483 g/mol. The number of carbonyl (C=O) groups excluding carboxylic acids is 3. The van der Waals surface area contributed by atoms with Crippen molar-refractivity contribution in [3.05, 3.63) is 47.5 Å². The molecule has 1 aliphatic rings. The van der Waals surface area contributed by atoms with Crippen LogP contribution in [0.1, 0.15) is 56.5 Å². The standard InChI is InChI=1S/C27H34N2O6/c1-5-8-22(30)20-10-12-23-21(16-20)29(27(32)18(4)35-23)17-26(31)28-14-13-19-9-11-24(33-6-2)25(15-19)34-7-3/h9-12,15-16,18H,5-8,13-14,17H2,1-4H3,(H,28,31). The van der Waals surface area contributed by atoms with Crippen molar-refractivity contribution in [3.63, 3.8) is 0 Å². The second-order valence-electron chi connectivity index (χ2n) is 8.29. The SMILES string of the molecule is CCCC(=O)c1ccc2c(c1)N(CC(=O)NCCc1ccc(OCC)c(OCC)c1)C(=O)C(C)O2. The van der Waals surface area contributed by atoms with Gasteiger partial charge in [0.15, 0.2) is 23.4 Å². The third kappa shape index (κ3) is 6.53. The molecule has 3 rings (SSSR count). The molecule has 8 heteroatoms. The van der Waals surface area contributed by atoms with Gasteiger partial charge in [0.1, 0.15) is 12.3 Å². The number of amides is 2. The Kier molecular flexibility index (Phi) is 9.11. The first-order chi connectivity index (χ1) is 16.9. The Hall–Kier alpha value is -3.55. The number of nitrogens with zero attached hydrogens (tertiary/aromatic N) is 1. The van der Waals surface area contributed by atoms with Crippen LogP contribution in [0.2, 0.25) is 0 Å². The van der Waals surface area contributed by atoms with Crippen molar-refractivity contribution in [2.24, 2.45) is 0 Å². The molecule has 1 unspecified atom stereocenters. The summed E-state index contributed by atoms with van der Waals surface area (Å²) in [6.45, 7) is 8.73. The number of ketones is 1. The van der Waals surface area contributed by atoms with Crippen molar-refractivity contribution >= 4 is 23.3 Å². The molecule has 2 aromatic rings. The number of anilines is 1. The highest BCUT2D eigenvalue weighted by Gasteiger charge is 2.33. The van der Waals surface area contributed by atoms with Gasteiger partial charge in [-0.15, -0.1) is 0 Å². The van der Waals surface area contributed by atoms with Crippen molar-refractivity contribution < 1.29 is 28.6 Å². The lowest BCUT2D eigenvalue weighted by atomic mass is 10.0. The minimum Gasteiger partial charge on any atom is -0.490 e. The first-order valence-corrected chi connectivity index (χ1v) is 12.2. The van der Waals surface area contributed by atoms with Crippen LogP contribution in [0, 0.1) is 0 Å². The highest BCUT2D eigenvalue weighted by molar-refractivity contribution is 6.05. The average Bonchev–Trinajstić information content (AvgIpc) is 2.83. The third-order valence-corrected chi connectivity index (χ3v) is 5.61. The molecule has 0 bridgehead atoms. The topological polar surface area (TPSA) is 94.2 Å². The molecule has 8 nitrogen and oxygen atoms in total. The minimum absolute atomic E-state index is 0.00690. The predicted octanol–water partition coefficient (Wildman–Crippen LogP) is 3.94. The molecular weight excluding hydrogens is 448 g/mol. The van der Waals surface area contributed by atoms with Crippen molar-refractivity contribution in [2.75, 3.05) is 31.2 Å². The van der Waals surface area contributed by atoms with Gasteiger partial charge in [0.05, 0.1) is 18.9 Å². The van der Waals surface area contributed by atoms with Crippen LogP contribution in [0.5, 0.6) is 17.2 Å². The molecule has 0 saturated heterocycles. The largest absolute Gasteiger partial charge is 0.490 e. The van der Waals surface area contributed by atoms with Gasteiger partial charge >= 0.3 is 0 Å². The van der Waals surface area contributed by atoms with Crippen LogP contribution in [-0.2, 0) is 16.0 Å².